The summed E-state index contributed by atoms with van der Waals surface area (Å²) in [5.74, 6) is 0.470. The molecule has 2 aliphatic rings. The van der Waals surface area contributed by atoms with Crippen LogP contribution >= 0.6 is 0 Å². The van der Waals surface area contributed by atoms with Gasteiger partial charge >= 0.3 is 12.1 Å². The Morgan fingerprint density at radius 2 is 1.86 bits per heavy atom. The molecular weight excluding hydrogens is 370 g/mol. The topological polar surface area (TPSA) is 65.1 Å². The molecule has 0 aromatic heterocycles. The van der Waals surface area contributed by atoms with Crippen molar-refractivity contribution in [1.82, 2.24) is 4.90 Å². The summed E-state index contributed by atoms with van der Waals surface area (Å²) in [5, 5.41) is 0. The van der Waals surface area contributed by atoms with Crippen molar-refractivity contribution in [2.24, 2.45) is 5.92 Å². The van der Waals surface area contributed by atoms with Crippen LogP contribution in [0.25, 0.3) is 0 Å². The van der Waals surface area contributed by atoms with Gasteiger partial charge in [-0.1, -0.05) is 44.2 Å². The van der Waals surface area contributed by atoms with Gasteiger partial charge in [-0.05, 0) is 45.1 Å². The Labute approximate surface area is 174 Å². The molecule has 3 rings (SSSR count). The first kappa shape index (κ1) is 23.2. The van der Waals surface area contributed by atoms with E-state index in [4.69, 9.17) is 9.47 Å². The van der Waals surface area contributed by atoms with Crippen LogP contribution in [0, 0.1) is 5.92 Å². The number of likely N-dealkylation sites (tertiary alicyclic amines) is 1. The summed E-state index contributed by atoms with van der Waals surface area (Å²) >= 11 is 0. The number of hydrogen-bond donors (Lipinski definition) is 0. The fourth-order valence-corrected chi connectivity index (χ4v) is 3.28. The van der Waals surface area contributed by atoms with Gasteiger partial charge in [0.05, 0.1) is 25.7 Å². The predicted octanol–water partition coefficient (Wildman–Crippen LogP) is 4.56. The Morgan fingerprint density at radius 3 is 2.34 bits per heavy atom. The summed E-state index contributed by atoms with van der Waals surface area (Å²) in [4.78, 5) is 24.1. The number of amides is 1. The zero-order valence-corrected chi connectivity index (χ0v) is 18.3. The highest BCUT2D eigenvalue weighted by Gasteiger charge is 2.38. The number of carbonyl (C=O) groups excluding carboxylic acids is 2. The zero-order chi connectivity index (χ0) is 21.4. The van der Waals surface area contributed by atoms with Crippen molar-refractivity contribution in [3.63, 3.8) is 0 Å². The van der Waals surface area contributed by atoms with Crippen molar-refractivity contribution in [2.75, 3.05) is 13.2 Å². The molecule has 2 atom stereocenters. The van der Waals surface area contributed by atoms with Gasteiger partial charge in [0.15, 0.2) is 0 Å². The number of ether oxygens (including phenoxy) is 3. The van der Waals surface area contributed by atoms with Crippen molar-refractivity contribution in [1.29, 1.82) is 0 Å². The molecule has 0 spiro atoms. The second kappa shape index (κ2) is 10.6. The third kappa shape index (κ3) is 8.44. The summed E-state index contributed by atoms with van der Waals surface area (Å²) in [6.07, 6.45) is 2.33. The quantitative estimate of drug-likeness (QED) is 0.672. The normalized spacial score (nSPS) is 21.2. The number of nitrogens with zero attached hydrogens (tertiary/aromatic N) is 1. The van der Waals surface area contributed by atoms with E-state index in [1.165, 1.54) is 0 Å². The highest BCUT2D eigenvalue weighted by Crippen LogP contribution is 2.28. The van der Waals surface area contributed by atoms with Gasteiger partial charge in [-0.15, -0.1) is 0 Å². The second-order valence-electron chi connectivity index (χ2n) is 9.04. The van der Waals surface area contributed by atoms with E-state index in [0.717, 1.165) is 18.4 Å². The Morgan fingerprint density at radius 1 is 1.24 bits per heavy atom. The molecule has 2 heterocycles. The smallest absolute Gasteiger partial charge is 0.410 e. The molecule has 1 aromatic rings. The molecule has 1 aromatic carbocycles. The molecule has 0 N–H and O–H groups in total. The van der Waals surface area contributed by atoms with E-state index in [1.54, 1.807) is 0 Å². The SMILES string of the molecule is CC(C)C[C@@H]1C[C@@H](OCc2ccccc2)CN1C(=O)OC(C)(C)C.O=C1CCO1. The van der Waals surface area contributed by atoms with Gasteiger partial charge in [0.2, 0.25) is 0 Å². The molecule has 162 valence electrons. The highest BCUT2D eigenvalue weighted by molar-refractivity contribution is 5.73. The van der Waals surface area contributed by atoms with Crippen LogP contribution in [0.2, 0.25) is 0 Å². The predicted molar refractivity (Wildman–Crippen MR) is 111 cm³/mol. The van der Waals surface area contributed by atoms with E-state index in [1.807, 2.05) is 43.9 Å². The highest BCUT2D eigenvalue weighted by atomic mass is 16.6. The molecule has 6 nitrogen and oxygen atoms in total. The number of benzene rings is 1. The van der Waals surface area contributed by atoms with E-state index < -0.39 is 5.60 Å². The monoisotopic (exact) mass is 405 g/mol. The maximum Gasteiger partial charge on any atom is 0.410 e. The fourth-order valence-electron chi connectivity index (χ4n) is 3.28. The summed E-state index contributed by atoms with van der Waals surface area (Å²) in [7, 11) is 0. The molecule has 0 bridgehead atoms. The molecule has 6 heteroatoms. The average molecular weight is 406 g/mol. The molecule has 2 fully saturated rings. The first-order valence-corrected chi connectivity index (χ1v) is 10.4. The lowest BCUT2D eigenvalue weighted by Crippen LogP contribution is -2.40. The van der Waals surface area contributed by atoms with Crippen molar-refractivity contribution in [2.45, 2.75) is 78.2 Å². The van der Waals surface area contributed by atoms with Crippen molar-refractivity contribution in [3.05, 3.63) is 35.9 Å². The van der Waals surface area contributed by atoms with Gasteiger partial charge in [-0.2, -0.15) is 0 Å². The Hall–Kier alpha value is -2.08. The third-order valence-corrected chi connectivity index (χ3v) is 4.65. The number of hydrogen-bond acceptors (Lipinski definition) is 5. The number of esters is 1. The van der Waals surface area contributed by atoms with E-state index in [9.17, 15) is 9.59 Å². The minimum absolute atomic E-state index is 0.0648. The van der Waals surface area contributed by atoms with Crippen LogP contribution in [-0.2, 0) is 25.6 Å². The summed E-state index contributed by atoms with van der Waals surface area (Å²) in [6.45, 7) is 11.9. The largest absolute Gasteiger partial charge is 0.465 e. The van der Waals surface area contributed by atoms with E-state index in [2.05, 4.69) is 30.7 Å². The molecular formula is C23H35NO5. The van der Waals surface area contributed by atoms with Gasteiger partial charge in [0.1, 0.15) is 12.2 Å². The molecule has 0 aliphatic carbocycles. The van der Waals surface area contributed by atoms with Crippen LogP contribution in [0.3, 0.4) is 0 Å². The minimum Gasteiger partial charge on any atom is -0.465 e. The lowest BCUT2D eigenvalue weighted by molar-refractivity contribution is -0.157. The molecule has 2 aliphatic heterocycles. The summed E-state index contributed by atoms with van der Waals surface area (Å²) in [5.41, 5.74) is 0.691. The van der Waals surface area contributed by atoms with E-state index in [0.29, 0.717) is 32.1 Å². The van der Waals surface area contributed by atoms with Crippen LogP contribution < -0.4 is 0 Å². The van der Waals surface area contributed by atoms with Crippen LogP contribution in [0.5, 0.6) is 0 Å². The molecule has 29 heavy (non-hydrogen) atoms. The second-order valence-corrected chi connectivity index (χ2v) is 9.04. The first-order valence-electron chi connectivity index (χ1n) is 10.4. The van der Waals surface area contributed by atoms with Gasteiger partial charge in [0.25, 0.3) is 0 Å². The fraction of sp³-hybridized carbons (Fsp3) is 0.652. The standard InChI is InChI=1S/C20H31NO3.C3H4O2/c1-15(2)11-17-12-18(23-14-16-9-7-6-8-10-16)13-21(17)19(22)24-20(3,4)5;4-3-1-2-5-3/h6-10,15,17-18H,11-14H2,1-5H3;1-2H2/t17-,18-;/m1./s1. The lowest BCUT2D eigenvalue weighted by atomic mass is 10.0. The van der Waals surface area contributed by atoms with Gasteiger partial charge in [-0.3, -0.25) is 4.79 Å². The maximum atomic E-state index is 12.5. The van der Waals surface area contributed by atoms with E-state index >= 15 is 0 Å². The van der Waals surface area contributed by atoms with Crippen LogP contribution in [-0.4, -0.2) is 47.9 Å². The average Bonchev–Trinajstić information content (AvgIpc) is 3.00. The maximum absolute atomic E-state index is 12.5. The van der Waals surface area contributed by atoms with Gasteiger partial charge < -0.3 is 19.1 Å². The van der Waals surface area contributed by atoms with Crippen LogP contribution in [0.4, 0.5) is 4.79 Å². The lowest BCUT2D eigenvalue weighted by Gasteiger charge is -2.29. The number of cyclic esters (lactones) is 1. The molecule has 2 saturated heterocycles. The van der Waals surface area contributed by atoms with Crippen LogP contribution in [0.15, 0.2) is 30.3 Å². The van der Waals surface area contributed by atoms with Gasteiger partial charge in [-0.25, -0.2) is 4.79 Å². The molecule has 0 radical (unpaired) electrons. The first-order chi connectivity index (χ1) is 13.6. The number of carbonyl (C=O) groups is 2. The Kier molecular flexibility index (Phi) is 8.50. The summed E-state index contributed by atoms with van der Waals surface area (Å²) in [6, 6.07) is 10.4. The molecule has 0 unspecified atom stereocenters. The van der Waals surface area contributed by atoms with Crippen molar-refractivity contribution in [3.8, 4) is 0 Å². The number of rotatable bonds is 5. The third-order valence-electron chi connectivity index (χ3n) is 4.65. The van der Waals surface area contributed by atoms with Crippen molar-refractivity contribution < 1.29 is 23.8 Å². The van der Waals surface area contributed by atoms with Crippen LogP contribution in [0.1, 0.15) is 59.4 Å². The molecule has 0 saturated carbocycles. The van der Waals surface area contributed by atoms with Gasteiger partial charge in [0, 0.05) is 6.04 Å². The minimum atomic E-state index is -0.470. The molecule has 1 amide bonds. The zero-order valence-electron chi connectivity index (χ0n) is 18.3. The van der Waals surface area contributed by atoms with Crippen molar-refractivity contribution >= 4 is 12.1 Å². The van der Waals surface area contributed by atoms with E-state index in [-0.39, 0.29) is 24.2 Å². The Balaban J connectivity index is 0.000000521. The Bertz CT molecular complexity index is 647. The summed E-state index contributed by atoms with van der Waals surface area (Å²) < 4.78 is 15.9.